The summed E-state index contributed by atoms with van der Waals surface area (Å²) in [7, 11) is 0. The number of carbonyl (C=O) groups is 1. The number of aromatic nitrogens is 4. The van der Waals surface area contributed by atoms with Crippen molar-refractivity contribution in [2.45, 2.75) is 34.1 Å². The molecule has 0 aromatic carbocycles. The highest BCUT2D eigenvalue weighted by Gasteiger charge is 2.15. The Bertz CT molecular complexity index is 646. The lowest BCUT2D eigenvalue weighted by atomic mass is 10.1. The topological polar surface area (TPSA) is 80.9 Å². The van der Waals surface area contributed by atoms with Gasteiger partial charge in [-0.2, -0.15) is 5.10 Å². The van der Waals surface area contributed by atoms with Gasteiger partial charge < -0.3 is 5.11 Å². The lowest BCUT2D eigenvalue weighted by Crippen LogP contribution is -2.11. The zero-order valence-electron chi connectivity index (χ0n) is 11.4. The first-order valence-corrected chi connectivity index (χ1v) is 6.08. The molecule has 2 heterocycles. The molecule has 0 aliphatic rings. The lowest BCUT2D eigenvalue weighted by molar-refractivity contribution is 0.0690. The minimum Gasteiger partial charge on any atom is -0.477 e. The molecule has 19 heavy (non-hydrogen) atoms. The highest BCUT2D eigenvalue weighted by molar-refractivity contribution is 5.85. The molecule has 0 radical (unpaired) electrons. The Morgan fingerprint density at radius 2 is 2.00 bits per heavy atom. The van der Waals surface area contributed by atoms with Crippen molar-refractivity contribution >= 4 is 5.97 Å². The van der Waals surface area contributed by atoms with Crippen molar-refractivity contribution in [1.29, 1.82) is 0 Å². The third-order valence-electron chi connectivity index (χ3n) is 3.05. The molecule has 2 aromatic rings. The zero-order valence-corrected chi connectivity index (χ0v) is 11.4. The standard InChI is InChI=1S/C13H16N4O2/c1-5-10-8(3)16-17(9(10)4)13-14-7(2)6-11(15-13)12(18)19/h6H,5H2,1-4H3,(H,18,19). The molecule has 0 aliphatic carbocycles. The van der Waals surface area contributed by atoms with Crippen LogP contribution in [0.1, 0.15) is 40.1 Å². The Labute approximate surface area is 111 Å². The summed E-state index contributed by atoms with van der Waals surface area (Å²) in [5.74, 6) is -0.762. The predicted octanol–water partition coefficient (Wildman–Crippen LogP) is 1.85. The number of rotatable bonds is 3. The first-order chi connectivity index (χ1) is 8.93. The SMILES string of the molecule is CCc1c(C)nn(-c2nc(C)cc(C(=O)O)n2)c1C. The summed E-state index contributed by atoms with van der Waals surface area (Å²) < 4.78 is 1.60. The molecule has 6 heteroatoms. The van der Waals surface area contributed by atoms with Gasteiger partial charge in [-0.15, -0.1) is 0 Å². The summed E-state index contributed by atoms with van der Waals surface area (Å²) in [6, 6.07) is 1.44. The number of hydrogen-bond donors (Lipinski definition) is 1. The van der Waals surface area contributed by atoms with Gasteiger partial charge in [0, 0.05) is 11.4 Å². The smallest absolute Gasteiger partial charge is 0.354 e. The summed E-state index contributed by atoms with van der Waals surface area (Å²) in [6.45, 7) is 7.66. The van der Waals surface area contributed by atoms with Gasteiger partial charge in [0.15, 0.2) is 5.69 Å². The molecule has 0 saturated carbocycles. The van der Waals surface area contributed by atoms with Gasteiger partial charge in [0.05, 0.1) is 5.69 Å². The van der Waals surface area contributed by atoms with Crippen molar-refractivity contribution in [2.75, 3.05) is 0 Å². The van der Waals surface area contributed by atoms with Crippen molar-refractivity contribution in [3.63, 3.8) is 0 Å². The maximum Gasteiger partial charge on any atom is 0.354 e. The minimum absolute atomic E-state index is 0.0203. The van der Waals surface area contributed by atoms with E-state index in [1.54, 1.807) is 11.6 Å². The van der Waals surface area contributed by atoms with Crippen LogP contribution in [-0.2, 0) is 6.42 Å². The minimum atomic E-state index is -1.07. The van der Waals surface area contributed by atoms with Gasteiger partial charge in [-0.3, -0.25) is 0 Å². The van der Waals surface area contributed by atoms with Crippen molar-refractivity contribution in [3.05, 3.63) is 34.4 Å². The monoisotopic (exact) mass is 260 g/mol. The van der Waals surface area contributed by atoms with E-state index < -0.39 is 5.97 Å². The third-order valence-corrected chi connectivity index (χ3v) is 3.05. The van der Waals surface area contributed by atoms with E-state index in [1.807, 2.05) is 13.8 Å². The van der Waals surface area contributed by atoms with Crippen LogP contribution in [0.25, 0.3) is 5.95 Å². The van der Waals surface area contributed by atoms with Crippen LogP contribution in [0, 0.1) is 20.8 Å². The van der Waals surface area contributed by atoms with Crippen LogP contribution < -0.4 is 0 Å². The highest BCUT2D eigenvalue weighted by Crippen LogP contribution is 2.16. The van der Waals surface area contributed by atoms with Gasteiger partial charge >= 0.3 is 5.97 Å². The fraction of sp³-hybridized carbons (Fsp3) is 0.385. The van der Waals surface area contributed by atoms with Gasteiger partial charge in [0.1, 0.15) is 0 Å². The van der Waals surface area contributed by atoms with E-state index in [0.29, 0.717) is 11.6 Å². The molecule has 0 unspecified atom stereocenters. The number of nitrogens with zero attached hydrogens (tertiary/aromatic N) is 4. The first kappa shape index (κ1) is 13.2. The van der Waals surface area contributed by atoms with Gasteiger partial charge in [-0.25, -0.2) is 19.4 Å². The van der Waals surface area contributed by atoms with Crippen molar-refractivity contribution < 1.29 is 9.90 Å². The molecule has 2 aromatic heterocycles. The van der Waals surface area contributed by atoms with Crippen LogP contribution in [0.5, 0.6) is 0 Å². The Balaban J connectivity index is 2.62. The van der Waals surface area contributed by atoms with Gasteiger partial charge in [-0.05, 0) is 38.8 Å². The zero-order chi connectivity index (χ0) is 14.2. The molecule has 6 nitrogen and oxygen atoms in total. The van der Waals surface area contributed by atoms with Crippen LogP contribution in [-0.4, -0.2) is 30.8 Å². The second-order valence-corrected chi connectivity index (χ2v) is 4.41. The summed E-state index contributed by atoms with van der Waals surface area (Å²) in [5, 5.41) is 13.4. The first-order valence-electron chi connectivity index (χ1n) is 6.08. The lowest BCUT2D eigenvalue weighted by Gasteiger charge is -2.05. The third kappa shape index (κ3) is 2.33. The molecule has 100 valence electrons. The van der Waals surface area contributed by atoms with Crippen molar-refractivity contribution in [2.24, 2.45) is 0 Å². The Morgan fingerprint density at radius 3 is 2.53 bits per heavy atom. The van der Waals surface area contributed by atoms with Crippen LogP contribution in [0.15, 0.2) is 6.07 Å². The second kappa shape index (κ2) is 4.79. The van der Waals surface area contributed by atoms with Gasteiger partial charge in [-0.1, -0.05) is 6.92 Å². The van der Waals surface area contributed by atoms with Crippen molar-refractivity contribution in [1.82, 2.24) is 19.7 Å². The van der Waals surface area contributed by atoms with E-state index in [-0.39, 0.29) is 5.69 Å². The van der Waals surface area contributed by atoms with Crippen LogP contribution in [0.3, 0.4) is 0 Å². The summed E-state index contributed by atoms with van der Waals surface area (Å²) in [4.78, 5) is 19.3. The number of hydrogen-bond acceptors (Lipinski definition) is 4. The molecule has 0 spiro atoms. The van der Waals surface area contributed by atoms with E-state index >= 15 is 0 Å². The second-order valence-electron chi connectivity index (χ2n) is 4.41. The quantitative estimate of drug-likeness (QED) is 0.910. The average molecular weight is 260 g/mol. The van der Waals surface area contributed by atoms with E-state index in [4.69, 9.17) is 5.11 Å². The average Bonchev–Trinajstić information content (AvgIpc) is 2.63. The van der Waals surface area contributed by atoms with Gasteiger partial charge in [0.2, 0.25) is 0 Å². The van der Waals surface area contributed by atoms with Crippen LogP contribution in [0.4, 0.5) is 0 Å². The highest BCUT2D eigenvalue weighted by atomic mass is 16.4. The number of carboxylic acids is 1. The molecule has 0 amide bonds. The Kier molecular flexibility index (Phi) is 3.33. The molecule has 2 rings (SSSR count). The van der Waals surface area contributed by atoms with E-state index in [2.05, 4.69) is 22.0 Å². The molecule has 0 fully saturated rings. The molecular weight excluding hydrogens is 244 g/mol. The number of carboxylic acid groups (broad SMARTS) is 1. The summed E-state index contributed by atoms with van der Waals surface area (Å²) >= 11 is 0. The van der Waals surface area contributed by atoms with Gasteiger partial charge in [0.25, 0.3) is 5.95 Å². The fourth-order valence-electron chi connectivity index (χ4n) is 2.14. The predicted molar refractivity (Wildman–Crippen MR) is 69.7 cm³/mol. The van der Waals surface area contributed by atoms with E-state index in [0.717, 1.165) is 23.4 Å². The molecule has 0 aliphatic heterocycles. The fourth-order valence-corrected chi connectivity index (χ4v) is 2.14. The van der Waals surface area contributed by atoms with E-state index in [1.165, 1.54) is 6.07 Å². The Morgan fingerprint density at radius 1 is 1.32 bits per heavy atom. The summed E-state index contributed by atoms with van der Waals surface area (Å²) in [5.41, 5.74) is 3.59. The summed E-state index contributed by atoms with van der Waals surface area (Å²) in [6.07, 6.45) is 0.870. The molecule has 0 bridgehead atoms. The Hall–Kier alpha value is -2.24. The normalized spacial score (nSPS) is 10.7. The molecule has 0 atom stereocenters. The maximum atomic E-state index is 11.0. The number of aryl methyl sites for hydroxylation is 2. The van der Waals surface area contributed by atoms with Crippen LogP contribution >= 0.6 is 0 Å². The molecule has 1 N–H and O–H groups in total. The van der Waals surface area contributed by atoms with Crippen LogP contribution in [0.2, 0.25) is 0 Å². The molecule has 0 saturated heterocycles. The maximum absolute atomic E-state index is 11.0. The van der Waals surface area contributed by atoms with E-state index in [9.17, 15) is 4.79 Å². The largest absolute Gasteiger partial charge is 0.477 e. The van der Waals surface area contributed by atoms with Crippen molar-refractivity contribution in [3.8, 4) is 5.95 Å². The number of aromatic carboxylic acids is 1. The molecular formula is C13H16N4O2.